The molecule has 10 heteroatoms. The molecular weight excluding hydrogens is 384 g/mol. The van der Waals surface area contributed by atoms with Crippen molar-refractivity contribution in [3.8, 4) is 5.69 Å². The maximum absolute atomic E-state index is 12.4. The molecule has 3 amide bonds. The molecule has 1 atom stereocenters. The minimum Gasteiger partial charge on any atom is -0.317 e. The number of urea groups is 1. The molecule has 1 aromatic carbocycles. The Morgan fingerprint density at radius 1 is 1.14 bits per heavy atom. The van der Waals surface area contributed by atoms with Crippen LogP contribution in [0.25, 0.3) is 5.69 Å². The Balaban J connectivity index is 1.82. The van der Waals surface area contributed by atoms with Crippen molar-refractivity contribution in [2.75, 3.05) is 6.26 Å². The lowest BCUT2D eigenvalue weighted by atomic mass is 10.2. The number of carbonyl (C=O) groups is 2. The monoisotopic (exact) mass is 400 g/mol. The summed E-state index contributed by atoms with van der Waals surface area (Å²) in [5.74, 6) is -0.544. The van der Waals surface area contributed by atoms with Gasteiger partial charge in [0.05, 0.1) is 12.3 Å². The lowest BCUT2D eigenvalue weighted by Gasteiger charge is -2.19. The van der Waals surface area contributed by atoms with E-state index in [0.717, 1.165) is 18.7 Å². The van der Waals surface area contributed by atoms with Crippen LogP contribution in [0.15, 0.2) is 71.6 Å². The van der Waals surface area contributed by atoms with Gasteiger partial charge in [-0.2, -0.15) is 8.42 Å². The normalized spacial score (nSPS) is 18.5. The quantitative estimate of drug-likeness (QED) is 0.726. The number of nitrogens with zero attached hydrogens (tertiary/aromatic N) is 2. The minimum absolute atomic E-state index is 0.00224. The molecule has 0 bridgehead atoms. The molecule has 0 saturated carbocycles. The third-order valence-corrected chi connectivity index (χ3v) is 5.59. The van der Waals surface area contributed by atoms with Crippen LogP contribution in [0.3, 0.4) is 0 Å². The number of rotatable bonds is 4. The molecule has 1 aromatic heterocycles. The standard InChI is InChI=1S/C18H15N4O5S/c1-28(26,27)22(18(19)25)11-9-14(12-22)20-17(24)13-5-7-15(8-6-13)21-10-3-2-4-16(21)23/h2-8,10-12H,1H3,(H2-,19,20,24,25)/p+1. The van der Waals surface area contributed by atoms with Gasteiger partial charge in [-0.1, -0.05) is 9.95 Å². The zero-order valence-corrected chi connectivity index (χ0v) is 15.5. The SMILES string of the molecule is CS(=O)(=O)[N+]1(C(N)=O)C=[C]C(NC(=O)c2ccc(-n3ccccc3=O)cc2)=C1. The highest BCUT2D eigenvalue weighted by Crippen LogP contribution is 2.24. The predicted octanol–water partition coefficient (Wildman–Crippen LogP) is 0.594. The molecule has 1 aliphatic rings. The summed E-state index contributed by atoms with van der Waals surface area (Å²) in [6, 6.07) is 9.82. The molecule has 143 valence electrons. The third-order valence-electron chi connectivity index (χ3n) is 4.10. The third kappa shape index (κ3) is 3.38. The molecule has 9 nitrogen and oxygen atoms in total. The topological polar surface area (TPSA) is 128 Å². The van der Waals surface area contributed by atoms with E-state index in [1.165, 1.54) is 22.8 Å². The van der Waals surface area contributed by atoms with Crippen molar-refractivity contribution in [1.29, 1.82) is 0 Å². The van der Waals surface area contributed by atoms with E-state index in [4.69, 9.17) is 5.73 Å². The van der Waals surface area contributed by atoms with Crippen molar-refractivity contribution in [3.63, 3.8) is 0 Å². The Hall–Kier alpha value is -3.50. The van der Waals surface area contributed by atoms with Crippen LogP contribution in [0.4, 0.5) is 4.79 Å². The summed E-state index contributed by atoms with van der Waals surface area (Å²) >= 11 is 0. The van der Waals surface area contributed by atoms with Gasteiger partial charge in [0.2, 0.25) is 0 Å². The van der Waals surface area contributed by atoms with Crippen molar-refractivity contribution < 1.29 is 21.9 Å². The number of pyridine rings is 1. The van der Waals surface area contributed by atoms with Gasteiger partial charge in [-0.25, -0.2) is 4.79 Å². The second-order valence-electron chi connectivity index (χ2n) is 6.01. The van der Waals surface area contributed by atoms with Gasteiger partial charge in [-0.15, -0.1) is 0 Å². The summed E-state index contributed by atoms with van der Waals surface area (Å²) < 4.78 is 24.0. The second-order valence-corrected chi connectivity index (χ2v) is 8.08. The summed E-state index contributed by atoms with van der Waals surface area (Å²) in [5, 5.41) is 2.47. The maximum Gasteiger partial charge on any atom is 0.438 e. The number of benzene rings is 1. The van der Waals surface area contributed by atoms with E-state index in [0.29, 0.717) is 5.69 Å². The maximum atomic E-state index is 12.4. The number of sulfonamides is 1. The van der Waals surface area contributed by atoms with Gasteiger partial charge in [0.15, 0.2) is 6.20 Å². The molecule has 28 heavy (non-hydrogen) atoms. The fourth-order valence-corrected chi connectivity index (χ4v) is 3.46. The van der Waals surface area contributed by atoms with Gasteiger partial charge in [-0.05, 0) is 30.3 Å². The summed E-state index contributed by atoms with van der Waals surface area (Å²) in [6.45, 7) is 0. The second kappa shape index (κ2) is 6.91. The average Bonchev–Trinajstić information content (AvgIpc) is 3.08. The number of amides is 3. The van der Waals surface area contributed by atoms with Crippen LogP contribution in [-0.2, 0) is 10.0 Å². The number of aromatic nitrogens is 1. The number of primary amides is 1. The Kier molecular flexibility index (Phi) is 4.75. The van der Waals surface area contributed by atoms with Crippen LogP contribution in [0.2, 0.25) is 0 Å². The van der Waals surface area contributed by atoms with Gasteiger partial charge in [0.1, 0.15) is 11.9 Å². The lowest BCUT2D eigenvalue weighted by Crippen LogP contribution is -2.50. The van der Waals surface area contributed by atoms with Gasteiger partial charge in [0, 0.05) is 23.5 Å². The van der Waals surface area contributed by atoms with Crippen molar-refractivity contribution in [2.24, 2.45) is 5.73 Å². The Bertz CT molecular complexity index is 1180. The molecule has 0 fully saturated rings. The van der Waals surface area contributed by atoms with Crippen molar-refractivity contribution in [1.82, 2.24) is 9.88 Å². The van der Waals surface area contributed by atoms with Crippen LogP contribution >= 0.6 is 0 Å². The molecule has 0 saturated heterocycles. The van der Waals surface area contributed by atoms with E-state index in [1.54, 1.807) is 30.5 Å². The highest BCUT2D eigenvalue weighted by Gasteiger charge is 2.45. The summed E-state index contributed by atoms with van der Waals surface area (Å²) in [5.41, 5.74) is 5.83. The van der Waals surface area contributed by atoms with Crippen LogP contribution in [0.5, 0.6) is 0 Å². The van der Waals surface area contributed by atoms with Gasteiger partial charge >= 0.3 is 16.1 Å². The van der Waals surface area contributed by atoms with Crippen molar-refractivity contribution in [3.05, 3.63) is 88.8 Å². The van der Waals surface area contributed by atoms with E-state index < -0.39 is 25.8 Å². The van der Waals surface area contributed by atoms with Crippen LogP contribution < -0.4 is 16.6 Å². The molecule has 1 aliphatic heterocycles. The van der Waals surface area contributed by atoms with E-state index in [9.17, 15) is 22.8 Å². The molecule has 2 heterocycles. The number of allylic oxidation sites excluding steroid dienone is 1. The number of hydrogen-bond donors (Lipinski definition) is 2. The number of carbonyl (C=O) groups excluding carboxylic acids is 2. The van der Waals surface area contributed by atoms with Gasteiger partial charge in [0.25, 0.3) is 11.5 Å². The fourth-order valence-electron chi connectivity index (χ4n) is 2.59. The Morgan fingerprint density at radius 3 is 2.36 bits per heavy atom. The van der Waals surface area contributed by atoms with Crippen LogP contribution in [-0.4, -0.2) is 35.1 Å². The molecule has 0 spiro atoms. The van der Waals surface area contributed by atoms with E-state index >= 15 is 0 Å². The number of nitrogens with two attached hydrogens (primary N) is 1. The largest absolute Gasteiger partial charge is 0.438 e. The van der Waals surface area contributed by atoms with E-state index in [-0.39, 0.29) is 16.8 Å². The molecular formula is C18H16N4O5S+. The van der Waals surface area contributed by atoms with Crippen molar-refractivity contribution in [2.45, 2.75) is 0 Å². The first kappa shape index (κ1) is 19.3. The van der Waals surface area contributed by atoms with Gasteiger partial charge in [-0.3, -0.25) is 14.2 Å². The first-order valence-electron chi connectivity index (χ1n) is 7.96. The summed E-state index contributed by atoms with van der Waals surface area (Å²) in [7, 11) is -3.95. The number of nitrogens with one attached hydrogen (secondary N) is 1. The molecule has 1 radical (unpaired) electrons. The zero-order valence-electron chi connectivity index (χ0n) is 14.7. The minimum atomic E-state index is -3.95. The average molecular weight is 400 g/mol. The highest BCUT2D eigenvalue weighted by molar-refractivity contribution is 7.85. The molecule has 1 unspecified atom stereocenters. The lowest BCUT2D eigenvalue weighted by molar-refractivity contribution is -0.594. The highest BCUT2D eigenvalue weighted by atomic mass is 32.2. The first-order valence-corrected chi connectivity index (χ1v) is 9.81. The first-order chi connectivity index (χ1) is 13.1. The summed E-state index contributed by atoms with van der Waals surface area (Å²) in [6.07, 6.45) is 6.93. The number of hydrogen-bond acceptors (Lipinski definition) is 5. The van der Waals surface area contributed by atoms with Gasteiger partial charge < -0.3 is 11.1 Å². The predicted molar refractivity (Wildman–Crippen MR) is 100 cm³/mol. The number of quaternary nitrogens is 1. The Morgan fingerprint density at radius 2 is 1.82 bits per heavy atom. The van der Waals surface area contributed by atoms with Crippen molar-refractivity contribution >= 4 is 22.0 Å². The fraction of sp³-hybridized carbons (Fsp3) is 0.0556. The van der Waals surface area contributed by atoms with Crippen LogP contribution in [0, 0.1) is 6.08 Å². The van der Waals surface area contributed by atoms with E-state index in [2.05, 4.69) is 11.4 Å². The zero-order chi connectivity index (χ0) is 20.5. The Labute approximate surface area is 160 Å². The van der Waals surface area contributed by atoms with Crippen LogP contribution in [0.1, 0.15) is 10.4 Å². The molecule has 3 N–H and O–H groups in total. The summed E-state index contributed by atoms with van der Waals surface area (Å²) in [4.78, 5) is 35.9. The molecule has 0 aliphatic carbocycles. The van der Waals surface area contributed by atoms with E-state index in [1.807, 2.05) is 0 Å². The smallest absolute Gasteiger partial charge is 0.317 e. The molecule has 3 rings (SSSR count). The molecule has 2 aromatic rings.